The van der Waals surface area contributed by atoms with Crippen LogP contribution in [0.25, 0.3) is 0 Å². The van der Waals surface area contributed by atoms with Crippen molar-refractivity contribution in [2.24, 2.45) is 11.8 Å². The number of hydrogen-bond acceptors (Lipinski definition) is 5. The van der Waals surface area contributed by atoms with E-state index in [0.29, 0.717) is 18.7 Å². The van der Waals surface area contributed by atoms with Gasteiger partial charge in [0.25, 0.3) is 0 Å². The quantitative estimate of drug-likeness (QED) is 0.493. The Balaban J connectivity index is 1.62. The van der Waals surface area contributed by atoms with Crippen LogP contribution in [0, 0.1) is 11.8 Å². The number of benzene rings is 1. The van der Waals surface area contributed by atoms with Gasteiger partial charge in [0.15, 0.2) is 0 Å². The number of amides is 3. The van der Waals surface area contributed by atoms with Gasteiger partial charge in [0.1, 0.15) is 6.04 Å². The fraction of sp³-hybridized carbons (Fsp3) is 0.625. The number of para-hydroxylation sites is 1. The van der Waals surface area contributed by atoms with E-state index in [1.165, 1.54) is 4.90 Å². The molecule has 3 saturated heterocycles. The molecule has 3 heterocycles. The van der Waals surface area contributed by atoms with E-state index >= 15 is 0 Å². The molecule has 174 valence electrons. The molecule has 5 atom stereocenters. The number of unbranched alkanes of at least 4 members (excludes halogenated alkanes) is 2. The minimum atomic E-state index is -0.657. The van der Waals surface area contributed by atoms with Crippen LogP contribution >= 0.6 is 11.8 Å². The molecule has 3 N–H and O–H groups in total. The Morgan fingerprint density at radius 1 is 1.19 bits per heavy atom. The van der Waals surface area contributed by atoms with Crippen LogP contribution in [0.4, 0.5) is 5.69 Å². The molecule has 3 amide bonds. The number of likely N-dealkylation sites (tertiary alicyclic amines) is 1. The number of nitrogens with one attached hydrogen (secondary N) is 2. The third-order valence-corrected chi connectivity index (χ3v) is 9.25. The summed E-state index contributed by atoms with van der Waals surface area (Å²) in [6.45, 7) is 4.63. The molecule has 0 saturated carbocycles. The molecule has 32 heavy (non-hydrogen) atoms. The highest BCUT2D eigenvalue weighted by molar-refractivity contribution is 8.02. The number of carbonyl (C=O) groups is 3. The molecule has 0 aliphatic carbocycles. The van der Waals surface area contributed by atoms with E-state index in [0.717, 1.165) is 25.7 Å². The molecule has 3 aliphatic heterocycles. The fourth-order valence-corrected chi connectivity index (χ4v) is 8.26. The van der Waals surface area contributed by atoms with Gasteiger partial charge in [-0.25, -0.2) is 0 Å². The summed E-state index contributed by atoms with van der Waals surface area (Å²) >= 11 is 1.65. The lowest BCUT2D eigenvalue weighted by atomic mass is 9.66. The maximum Gasteiger partial charge on any atom is 0.244 e. The third kappa shape index (κ3) is 3.71. The molecule has 4 rings (SSSR count). The van der Waals surface area contributed by atoms with Crippen molar-refractivity contribution in [1.29, 1.82) is 0 Å². The number of anilines is 1. The minimum Gasteiger partial charge on any atom is -0.395 e. The van der Waals surface area contributed by atoms with E-state index in [1.54, 1.807) is 11.8 Å². The van der Waals surface area contributed by atoms with Crippen molar-refractivity contribution in [1.82, 2.24) is 10.2 Å². The number of carbonyl (C=O) groups excluding carboxylic acids is 3. The van der Waals surface area contributed by atoms with Crippen LogP contribution in [0.15, 0.2) is 30.3 Å². The Bertz CT molecular complexity index is 881. The first-order valence-electron chi connectivity index (χ1n) is 11.6. The first-order valence-corrected chi connectivity index (χ1v) is 12.4. The maximum absolute atomic E-state index is 13.6. The average molecular weight is 460 g/mol. The summed E-state index contributed by atoms with van der Waals surface area (Å²) in [7, 11) is 0. The van der Waals surface area contributed by atoms with Crippen molar-refractivity contribution in [2.45, 2.75) is 61.5 Å². The van der Waals surface area contributed by atoms with Gasteiger partial charge in [-0.05, 0) is 38.3 Å². The zero-order valence-corrected chi connectivity index (χ0v) is 19.6. The second kappa shape index (κ2) is 9.06. The highest BCUT2D eigenvalue weighted by Gasteiger charge is 2.76. The molecule has 0 aromatic heterocycles. The van der Waals surface area contributed by atoms with E-state index in [1.807, 2.05) is 30.3 Å². The number of fused-ring (bicyclic) bond motifs is 1. The smallest absolute Gasteiger partial charge is 0.244 e. The predicted octanol–water partition coefficient (Wildman–Crippen LogP) is 2.41. The van der Waals surface area contributed by atoms with Crippen molar-refractivity contribution in [3.63, 3.8) is 0 Å². The van der Waals surface area contributed by atoms with E-state index < -0.39 is 27.4 Å². The van der Waals surface area contributed by atoms with Crippen LogP contribution in [0.3, 0.4) is 0 Å². The van der Waals surface area contributed by atoms with Gasteiger partial charge in [-0.2, -0.15) is 0 Å². The highest BCUT2D eigenvalue weighted by Crippen LogP contribution is 2.71. The van der Waals surface area contributed by atoms with Crippen LogP contribution in [0.5, 0.6) is 0 Å². The Morgan fingerprint density at radius 2 is 1.94 bits per heavy atom. The molecule has 1 aromatic rings. The van der Waals surface area contributed by atoms with Gasteiger partial charge < -0.3 is 20.6 Å². The normalized spacial score (nSPS) is 32.8. The number of hydrogen-bond donors (Lipinski definition) is 3. The number of thioether (sulfide) groups is 1. The Hall–Kier alpha value is -2.06. The van der Waals surface area contributed by atoms with Gasteiger partial charge in [0.05, 0.1) is 23.2 Å². The fourth-order valence-electron chi connectivity index (χ4n) is 5.90. The van der Waals surface area contributed by atoms with Crippen molar-refractivity contribution in [3.8, 4) is 0 Å². The van der Waals surface area contributed by atoms with Crippen molar-refractivity contribution >= 4 is 35.2 Å². The van der Waals surface area contributed by atoms with E-state index in [-0.39, 0.29) is 30.9 Å². The van der Waals surface area contributed by atoms with Gasteiger partial charge >= 0.3 is 0 Å². The monoisotopic (exact) mass is 459 g/mol. The lowest BCUT2D eigenvalue weighted by Crippen LogP contribution is -2.54. The second-order valence-electron chi connectivity index (χ2n) is 9.34. The van der Waals surface area contributed by atoms with Crippen LogP contribution in [-0.4, -0.2) is 63.0 Å². The number of aliphatic hydroxyl groups is 1. The molecule has 1 aromatic carbocycles. The summed E-state index contributed by atoms with van der Waals surface area (Å²) in [6, 6.07) is 8.61. The summed E-state index contributed by atoms with van der Waals surface area (Å²) in [5, 5.41) is 15.6. The average Bonchev–Trinajstić information content (AvgIpc) is 3.33. The van der Waals surface area contributed by atoms with Crippen LogP contribution in [0.1, 0.15) is 46.0 Å². The molecule has 8 heteroatoms. The van der Waals surface area contributed by atoms with Gasteiger partial charge in [0.2, 0.25) is 17.7 Å². The highest BCUT2D eigenvalue weighted by atomic mass is 32.2. The summed E-state index contributed by atoms with van der Waals surface area (Å²) in [5.41, 5.74) is 0.700. The molecule has 2 unspecified atom stereocenters. The first-order chi connectivity index (χ1) is 15.4. The minimum absolute atomic E-state index is 0.106. The van der Waals surface area contributed by atoms with Crippen molar-refractivity contribution in [2.75, 3.05) is 25.0 Å². The van der Waals surface area contributed by atoms with Crippen molar-refractivity contribution < 1.29 is 19.5 Å². The largest absolute Gasteiger partial charge is 0.395 e. The summed E-state index contributed by atoms with van der Waals surface area (Å²) < 4.78 is -1.03. The zero-order valence-electron chi connectivity index (χ0n) is 18.8. The number of nitrogens with zero attached hydrogens (tertiary/aromatic N) is 1. The molecule has 7 nitrogen and oxygen atoms in total. The van der Waals surface area contributed by atoms with Crippen molar-refractivity contribution in [3.05, 3.63) is 30.3 Å². The van der Waals surface area contributed by atoms with Gasteiger partial charge in [0, 0.05) is 23.5 Å². The van der Waals surface area contributed by atoms with Gasteiger partial charge in [-0.15, -0.1) is 11.8 Å². The van der Waals surface area contributed by atoms with E-state index in [4.69, 9.17) is 0 Å². The van der Waals surface area contributed by atoms with Crippen LogP contribution < -0.4 is 10.6 Å². The second-order valence-corrected chi connectivity index (χ2v) is 11.2. The SMILES string of the molecule is CCCCCNC(=O)C1N(CCO)C(=O)[C@@H]2[C@@H](C(=O)Nc3ccccc3)[C@@]3(C)CCC12S3. The van der Waals surface area contributed by atoms with Crippen LogP contribution in [0.2, 0.25) is 0 Å². The standard InChI is InChI=1S/C24H33N3O4S/c1-3-4-8-13-25-21(30)19-24-12-11-23(2,32-24)17(18(24)22(31)27(19)14-15-28)20(29)26-16-9-6-5-7-10-16/h5-7,9-10,17-19,28H,3-4,8,11-15H2,1-2H3,(H,25,30)(H,26,29)/t17-,18-,19?,23+,24?/m0/s1. The molecule has 3 aliphatic rings. The van der Waals surface area contributed by atoms with Gasteiger partial charge in [-0.1, -0.05) is 38.0 Å². The molecule has 3 fully saturated rings. The maximum atomic E-state index is 13.6. The number of rotatable bonds is 9. The lowest BCUT2D eigenvalue weighted by Gasteiger charge is -2.34. The topological polar surface area (TPSA) is 98.7 Å². The first kappa shape index (κ1) is 23.1. The zero-order chi connectivity index (χ0) is 22.9. The molecular weight excluding hydrogens is 426 g/mol. The number of β-amino-alcohol motifs (C(OH)–C–C–N with tert-alkyl or cyclic N) is 1. The molecular formula is C24H33N3O4S. The molecule has 0 radical (unpaired) electrons. The summed E-state index contributed by atoms with van der Waals surface area (Å²) in [4.78, 5) is 41.9. The molecule has 1 spiro atoms. The molecule has 2 bridgehead atoms. The number of aliphatic hydroxyl groups excluding tert-OH is 1. The van der Waals surface area contributed by atoms with Crippen LogP contribution in [-0.2, 0) is 14.4 Å². The summed E-state index contributed by atoms with van der Waals surface area (Å²) in [5.74, 6) is -1.59. The van der Waals surface area contributed by atoms with E-state index in [9.17, 15) is 19.5 Å². The third-order valence-electron chi connectivity index (χ3n) is 7.27. The predicted molar refractivity (Wildman–Crippen MR) is 125 cm³/mol. The Morgan fingerprint density at radius 3 is 2.62 bits per heavy atom. The van der Waals surface area contributed by atoms with E-state index in [2.05, 4.69) is 24.5 Å². The summed E-state index contributed by atoms with van der Waals surface area (Å²) in [6.07, 6.45) is 4.49. The Kier molecular flexibility index (Phi) is 6.54. The Labute approximate surface area is 193 Å². The lowest BCUT2D eigenvalue weighted by molar-refractivity contribution is -0.140. The van der Waals surface area contributed by atoms with Gasteiger partial charge in [-0.3, -0.25) is 14.4 Å².